The highest BCUT2D eigenvalue weighted by Gasteiger charge is 2.20. The van der Waals surface area contributed by atoms with Crippen molar-refractivity contribution in [2.24, 2.45) is 5.92 Å². The Bertz CT molecular complexity index is 582. The van der Waals surface area contributed by atoms with Gasteiger partial charge in [0, 0.05) is 19.2 Å². The van der Waals surface area contributed by atoms with Gasteiger partial charge in [-0.15, -0.1) is 0 Å². The molecule has 1 aromatic rings. The lowest BCUT2D eigenvalue weighted by Gasteiger charge is -2.27. The van der Waals surface area contributed by atoms with Crippen molar-refractivity contribution in [1.82, 2.24) is 4.90 Å². The fourth-order valence-electron chi connectivity index (χ4n) is 3.50. The monoisotopic (exact) mass is 333 g/mol. The summed E-state index contributed by atoms with van der Waals surface area (Å²) in [4.78, 5) is 25.2. The molecular formula is C19H27NO4. The van der Waals surface area contributed by atoms with E-state index >= 15 is 0 Å². The van der Waals surface area contributed by atoms with Crippen LogP contribution in [0, 0.1) is 19.8 Å². The van der Waals surface area contributed by atoms with Crippen molar-refractivity contribution < 1.29 is 19.4 Å². The second-order valence-electron chi connectivity index (χ2n) is 6.81. The van der Waals surface area contributed by atoms with E-state index in [1.807, 2.05) is 25.8 Å². The van der Waals surface area contributed by atoms with Crippen LogP contribution in [-0.4, -0.2) is 42.1 Å². The van der Waals surface area contributed by atoms with Crippen LogP contribution in [0.1, 0.15) is 53.6 Å². The van der Waals surface area contributed by atoms with Gasteiger partial charge in [0.1, 0.15) is 5.75 Å². The molecule has 0 atom stereocenters. The normalized spacial score (nSPS) is 15.1. The summed E-state index contributed by atoms with van der Waals surface area (Å²) in [6.45, 7) is 4.09. The topological polar surface area (TPSA) is 66.8 Å². The molecule has 0 bridgehead atoms. The Labute approximate surface area is 143 Å². The van der Waals surface area contributed by atoms with E-state index in [1.54, 1.807) is 12.1 Å². The number of hydrogen-bond acceptors (Lipinski definition) is 3. The lowest BCUT2D eigenvalue weighted by atomic mass is 9.89. The van der Waals surface area contributed by atoms with E-state index < -0.39 is 5.97 Å². The van der Waals surface area contributed by atoms with E-state index in [1.165, 1.54) is 32.1 Å². The molecule has 0 spiro atoms. The summed E-state index contributed by atoms with van der Waals surface area (Å²) in [7, 11) is 1.86. The molecule has 1 fully saturated rings. The number of ether oxygens (including phenoxy) is 1. The van der Waals surface area contributed by atoms with Gasteiger partial charge in [0.2, 0.25) is 0 Å². The Hall–Kier alpha value is -2.04. The largest absolute Gasteiger partial charge is 0.481 e. The molecule has 1 aliphatic carbocycles. The number of hydrogen-bond donors (Lipinski definition) is 1. The highest BCUT2D eigenvalue weighted by atomic mass is 16.5. The van der Waals surface area contributed by atoms with E-state index in [-0.39, 0.29) is 12.5 Å². The third-order valence-electron chi connectivity index (χ3n) is 4.65. The fraction of sp³-hybridized carbons (Fsp3) is 0.579. The van der Waals surface area contributed by atoms with Gasteiger partial charge < -0.3 is 14.7 Å². The zero-order valence-electron chi connectivity index (χ0n) is 14.8. The third kappa shape index (κ3) is 4.73. The second-order valence-corrected chi connectivity index (χ2v) is 6.81. The molecule has 1 aliphatic rings. The summed E-state index contributed by atoms with van der Waals surface area (Å²) in [6.07, 6.45) is 6.25. The van der Waals surface area contributed by atoms with Crippen molar-refractivity contribution in [3.8, 4) is 5.75 Å². The second kappa shape index (κ2) is 8.18. The van der Waals surface area contributed by atoms with E-state index in [2.05, 4.69) is 0 Å². The van der Waals surface area contributed by atoms with E-state index in [0.29, 0.717) is 17.2 Å². The average Bonchev–Trinajstić information content (AvgIpc) is 2.53. The molecule has 0 saturated heterocycles. The number of aliphatic carboxylic acids is 1. The standard InChI is InChI=1S/C19H27NO4/c1-13-9-16(10-14(2)18(13)24-12-17(21)22)19(23)20(3)11-15-7-5-4-6-8-15/h9-10,15H,4-8,11-12H2,1-3H3,(H,21,22). The molecule has 132 valence electrons. The number of amides is 1. The predicted molar refractivity (Wildman–Crippen MR) is 92.6 cm³/mol. The first-order valence-electron chi connectivity index (χ1n) is 8.59. The van der Waals surface area contributed by atoms with Crippen LogP contribution in [0.3, 0.4) is 0 Å². The van der Waals surface area contributed by atoms with Gasteiger partial charge in [0.05, 0.1) is 0 Å². The summed E-state index contributed by atoms with van der Waals surface area (Å²) in [5, 5.41) is 8.74. The summed E-state index contributed by atoms with van der Waals surface area (Å²) >= 11 is 0. The molecule has 0 heterocycles. The smallest absolute Gasteiger partial charge is 0.341 e. The van der Waals surface area contributed by atoms with Gasteiger partial charge in [-0.1, -0.05) is 19.3 Å². The Morgan fingerprint density at radius 1 is 1.17 bits per heavy atom. The van der Waals surface area contributed by atoms with Gasteiger partial charge in [-0.2, -0.15) is 0 Å². The summed E-state index contributed by atoms with van der Waals surface area (Å²) in [5.74, 6) is 0.148. The van der Waals surface area contributed by atoms with Crippen LogP contribution in [0.4, 0.5) is 0 Å². The maximum Gasteiger partial charge on any atom is 0.341 e. The minimum absolute atomic E-state index is 0.0107. The molecule has 0 aliphatic heterocycles. The Kier molecular flexibility index (Phi) is 6.23. The van der Waals surface area contributed by atoms with Crippen LogP contribution >= 0.6 is 0 Å². The molecule has 0 unspecified atom stereocenters. The first kappa shape index (κ1) is 18.3. The molecule has 1 saturated carbocycles. The molecule has 1 amide bonds. The van der Waals surface area contributed by atoms with Crippen molar-refractivity contribution in [2.75, 3.05) is 20.2 Å². The van der Waals surface area contributed by atoms with Gasteiger partial charge in [0.25, 0.3) is 5.91 Å². The number of carboxylic acids is 1. The summed E-state index contributed by atoms with van der Waals surface area (Å²) in [5.41, 5.74) is 2.20. The molecule has 1 aromatic carbocycles. The van der Waals surface area contributed by atoms with Crippen molar-refractivity contribution in [2.45, 2.75) is 46.0 Å². The number of carbonyl (C=O) groups is 2. The number of rotatable bonds is 6. The Morgan fingerprint density at radius 2 is 1.75 bits per heavy atom. The number of aryl methyl sites for hydroxylation is 2. The highest BCUT2D eigenvalue weighted by molar-refractivity contribution is 5.94. The van der Waals surface area contributed by atoms with E-state index in [4.69, 9.17) is 9.84 Å². The number of carboxylic acid groups (broad SMARTS) is 1. The minimum atomic E-state index is -1.01. The molecule has 1 N–H and O–H groups in total. The maximum absolute atomic E-state index is 12.7. The van der Waals surface area contributed by atoms with Crippen molar-refractivity contribution in [1.29, 1.82) is 0 Å². The zero-order chi connectivity index (χ0) is 17.7. The SMILES string of the molecule is Cc1cc(C(=O)N(C)CC2CCCCC2)cc(C)c1OCC(=O)O. The van der Waals surface area contributed by atoms with Crippen molar-refractivity contribution in [3.63, 3.8) is 0 Å². The summed E-state index contributed by atoms with van der Waals surface area (Å²) < 4.78 is 5.32. The lowest BCUT2D eigenvalue weighted by molar-refractivity contribution is -0.139. The number of nitrogens with zero attached hydrogens (tertiary/aromatic N) is 1. The molecule has 5 heteroatoms. The van der Waals surface area contributed by atoms with Gasteiger partial charge in [0.15, 0.2) is 6.61 Å². The van der Waals surface area contributed by atoms with Crippen molar-refractivity contribution >= 4 is 11.9 Å². The lowest BCUT2D eigenvalue weighted by Crippen LogP contribution is -2.32. The number of carbonyl (C=O) groups excluding carboxylic acids is 1. The first-order valence-corrected chi connectivity index (χ1v) is 8.59. The first-order chi connectivity index (χ1) is 11.4. The molecular weight excluding hydrogens is 306 g/mol. The van der Waals surface area contributed by atoms with Gasteiger partial charge in [-0.05, 0) is 55.9 Å². The van der Waals surface area contributed by atoms with Crippen LogP contribution in [0.15, 0.2) is 12.1 Å². The van der Waals surface area contributed by atoms with Crippen molar-refractivity contribution in [3.05, 3.63) is 28.8 Å². The number of benzene rings is 1. The van der Waals surface area contributed by atoms with Gasteiger partial charge >= 0.3 is 5.97 Å². The molecule has 0 radical (unpaired) electrons. The van der Waals surface area contributed by atoms with Crippen LogP contribution in [0.25, 0.3) is 0 Å². The zero-order valence-corrected chi connectivity index (χ0v) is 14.8. The Balaban J connectivity index is 2.07. The molecule has 0 aromatic heterocycles. The van der Waals surface area contributed by atoms with E-state index in [0.717, 1.165) is 17.7 Å². The third-order valence-corrected chi connectivity index (χ3v) is 4.65. The van der Waals surface area contributed by atoms with Gasteiger partial charge in [-0.25, -0.2) is 4.79 Å². The Morgan fingerprint density at radius 3 is 2.29 bits per heavy atom. The van der Waals surface area contributed by atoms with Crippen LogP contribution in [0.5, 0.6) is 5.75 Å². The van der Waals surface area contributed by atoms with Crippen LogP contribution in [-0.2, 0) is 4.79 Å². The summed E-state index contributed by atoms with van der Waals surface area (Å²) in [6, 6.07) is 3.56. The van der Waals surface area contributed by atoms with E-state index in [9.17, 15) is 9.59 Å². The predicted octanol–water partition coefficient (Wildman–Crippen LogP) is 3.42. The van der Waals surface area contributed by atoms with Crippen LogP contribution < -0.4 is 4.74 Å². The highest BCUT2D eigenvalue weighted by Crippen LogP contribution is 2.27. The average molecular weight is 333 g/mol. The van der Waals surface area contributed by atoms with Gasteiger partial charge in [-0.3, -0.25) is 4.79 Å². The quantitative estimate of drug-likeness (QED) is 0.866. The minimum Gasteiger partial charge on any atom is -0.481 e. The van der Waals surface area contributed by atoms with Crippen LogP contribution in [0.2, 0.25) is 0 Å². The maximum atomic E-state index is 12.7. The molecule has 5 nitrogen and oxygen atoms in total. The molecule has 2 rings (SSSR count). The molecule has 24 heavy (non-hydrogen) atoms. The fourth-order valence-corrected chi connectivity index (χ4v) is 3.50.